The van der Waals surface area contributed by atoms with E-state index < -0.39 is 126 Å². The molecule has 0 unspecified atom stereocenters. The summed E-state index contributed by atoms with van der Waals surface area (Å²) in [5.41, 5.74) is 17.0. The first-order valence-electron chi connectivity index (χ1n) is 24.1. The summed E-state index contributed by atoms with van der Waals surface area (Å²) in [5, 5.41) is 76.0. The van der Waals surface area contributed by atoms with Crippen molar-refractivity contribution in [2.24, 2.45) is 17.2 Å². The SMILES string of the molecule is C[C@@H](O)[C@H](NC(=O)[C@@H]1CCCN1C(=O)[C@@H]1CCCN1C(=O)[C@@H](NC(=O)[C@@H](NC(=O)[C@H](CCCNC(=N)N)NC(=O)[C@H](CCCNC(=N)N)NC(=O)[C@H](Cc1ccccc1)NC(=O)CN)[C@@H](C)O)[C@@H](C)O)C(=O)O. The molecule has 8 amide bonds. The molecule has 0 bridgehead atoms. The number of rotatable bonds is 28. The van der Waals surface area contributed by atoms with Crippen molar-refractivity contribution in [1.29, 1.82) is 10.8 Å². The number of carboxylic acids is 1. The lowest BCUT2D eigenvalue weighted by Gasteiger charge is -2.34. The van der Waals surface area contributed by atoms with Crippen molar-refractivity contribution in [1.82, 2.24) is 52.3 Å². The maximum atomic E-state index is 14.2. The van der Waals surface area contributed by atoms with Crippen LogP contribution >= 0.6 is 0 Å². The molecule has 0 aliphatic carbocycles. The zero-order valence-electron chi connectivity index (χ0n) is 41.2. The summed E-state index contributed by atoms with van der Waals surface area (Å²) in [4.78, 5) is 124. The van der Waals surface area contributed by atoms with Crippen molar-refractivity contribution >= 4 is 65.1 Å². The summed E-state index contributed by atoms with van der Waals surface area (Å²) >= 11 is 0. The van der Waals surface area contributed by atoms with Gasteiger partial charge in [-0.1, -0.05) is 30.3 Å². The number of nitrogens with one attached hydrogen (secondary N) is 10. The lowest BCUT2D eigenvalue weighted by Crippen LogP contribution is -2.63. The molecule has 2 aliphatic heterocycles. The highest BCUT2D eigenvalue weighted by Crippen LogP contribution is 2.26. The van der Waals surface area contributed by atoms with Crippen LogP contribution in [0.1, 0.15) is 77.7 Å². The second-order valence-corrected chi connectivity index (χ2v) is 18.0. The molecule has 2 saturated heterocycles. The highest BCUT2D eigenvalue weighted by Gasteiger charge is 2.45. The number of guanidine groups is 2. The second-order valence-electron chi connectivity index (χ2n) is 18.0. The van der Waals surface area contributed by atoms with Crippen molar-refractivity contribution in [3.8, 4) is 0 Å². The quantitative estimate of drug-likeness (QED) is 0.0211. The molecule has 0 spiro atoms. The fourth-order valence-corrected chi connectivity index (χ4v) is 8.34. The van der Waals surface area contributed by atoms with E-state index in [9.17, 15) is 63.6 Å². The molecule has 406 valence electrons. The Morgan fingerprint density at radius 3 is 1.60 bits per heavy atom. The first kappa shape index (κ1) is 60.1. The number of amides is 8. The molecule has 2 heterocycles. The smallest absolute Gasteiger partial charge is 0.328 e. The number of carboxylic acid groups (broad SMARTS) is 1. The molecule has 28 heteroatoms. The van der Waals surface area contributed by atoms with Crippen LogP contribution in [0.3, 0.4) is 0 Å². The number of carbonyl (C=O) groups is 9. The number of aliphatic carboxylic acids is 1. The largest absolute Gasteiger partial charge is 0.480 e. The highest BCUT2D eigenvalue weighted by molar-refractivity contribution is 5.98. The van der Waals surface area contributed by atoms with Crippen LogP contribution in [0.25, 0.3) is 0 Å². The van der Waals surface area contributed by atoms with Gasteiger partial charge in [0.25, 0.3) is 0 Å². The highest BCUT2D eigenvalue weighted by atomic mass is 16.4. The molecule has 28 nitrogen and oxygen atoms in total. The van der Waals surface area contributed by atoms with Crippen LogP contribution in [0.4, 0.5) is 0 Å². The number of aliphatic hydroxyl groups is 3. The van der Waals surface area contributed by atoms with Gasteiger partial charge in [-0.3, -0.25) is 49.2 Å². The Morgan fingerprint density at radius 2 is 1.11 bits per heavy atom. The number of carbonyl (C=O) groups excluding carboxylic acids is 8. The van der Waals surface area contributed by atoms with Gasteiger partial charge in [0.15, 0.2) is 18.0 Å². The number of hydrogen-bond acceptors (Lipinski definition) is 15. The van der Waals surface area contributed by atoms with Crippen LogP contribution in [0, 0.1) is 10.8 Å². The Labute approximate surface area is 422 Å². The molecule has 3 rings (SSSR count). The topological polar surface area (TPSA) is 463 Å². The first-order chi connectivity index (χ1) is 34.5. The van der Waals surface area contributed by atoms with Gasteiger partial charge < -0.3 is 90.0 Å². The summed E-state index contributed by atoms with van der Waals surface area (Å²) < 4.78 is 0. The van der Waals surface area contributed by atoms with E-state index >= 15 is 0 Å². The molecule has 0 radical (unpaired) electrons. The lowest BCUT2D eigenvalue weighted by molar-refractivity contribution is -0.150. The van der Waals surface area contributed by atoms with E-state index in [2.05, 4.69) is 42.5 Å². The van der Waals surface area contributed by atoms with Crippen LogP contribution in [-0.4, -0.2) is 195 Å². The summed E-state index contributed by atoms with van der Waals surface area (Å²) in [6.07, 6.45) is -3.70. The van der Waals surface area contributed by atoms with Gasteiger partial charge in [-0.25, -0.2) is 4.79 Å². The fourth-order valence-electron chi connectivity index (χ4n) is 8.34. The van der Waals surface area contributed by atoms with Crippen molar-refractivity contribution in [3.63, 3.8) is 0 Å². The Balaban J connectivity index is 1.85. The van der Waals surface area contributed by atoms with E-state index in [-0.39, 0.29) is 83.0 Å². The third-order valence-corrected chi connectivity index (χ3v) is 12.2. The normalized spacial score (nSPS) is 18.9. The Kier molecular flexibility index (Phi) is 24.2. The average molecular weight is 1030 g/mol. The number of aliphatic hydroxyl groups excluding tert-OH is 3. The van der Waals surface area contributed by atoms with E-state index in [0.29, 0.717) is 18.4 Å². The summed E-state index contributed by atoms with van der Waals surface area (Å²) in [6.45, 7) is 3.34. The molecule has 73 heavy (non-hydrogen) atoms. The third-order valence-electron chi connectivity index (χ3n) is 12.2. The monoisotopic (exact) mass is 1030 g/mol. The number of hydrogen-bond donors (Lipinski definition) is 17. The minimum atomic E-state index is -1.83. The van der Waals surface area contributed by atoms with E-state index in [1.807, 2.05) is 0 Å². The predicted octanol–water partition coefficient (Wildman–Crippen LogP) is -6.17. The number of benzene rings is 1. The Morgan fingerprint density at radius 1 is 0.630 bits per heavy atom. The van der Waals surface area contributed by atoms with Crippen molar-refractivity contribution in [2.75, 3.05) is 32.7 Å². The molecule has 0 aromatic heterocycles. The summed E-state index contributed by atoms with van der Waals surface area (Å²) in [6, 6.07) is -2.87. The van der Waals surface area contributed by atoms with E-state index in [1.165, 1.54) is 18.7 Å². The maximum Gasteiger partial charge on any atom is 0.328 e. The Hall–Kier alpha value is -7.17. The minimum Gasteiger partial charge on any atom is -0.480 e. The van der Waals surface area contributed by atoms with E-state index in [1.54, 1.807) is 30.3 Å². The van der Waals surface area contributed by atoms with Crippen LogP contribution in [0.5, 0.6) is 0 Å². The van der Waals surface area contributed by atoms with Gasteiger partial charge in [0.05, 0.1) is 24.9 Å². The van der Waals surface area contributed by atoms with Gasteiger partial charge in [0.1, 0.15) is 42.3 Å². The molecule has 1 aromatic rings. The van der Waals surface area contributed by atoms with Gasteiger partial charge in [-0.05, 0) is 77.7 Å². The van der Waals surface area contributed by atoms with Gasteiger partial charge >= 0.3 is 5.97 Å². The summed E-state index contributed by atoms with van der Waals surface area (Å²) in [5.74, 6) is -9.07. The zero-order chi connectivity index (χ0) is 54.5. The third kappa shape index (κ3) is 18.8. The van der Waals surface area contributed by atoms with Gasteiger partial charge in [-0.2, -0.15) is 0 Å². The molecule has 2 fully saturated rings. The lowest BCUT2D eigenvalue weighted by atomic mass is 10.0. The van der Waals surface area contributed by atoms with Crippen molar-refractivity contribution in [3.05, 3.63) is 35.9 Å². The molecule has 11 atom stereocenters. The predicted molar refractivity (Wildman–Crippen MR) is 261 cm³/mol. The van der Waals surface area contributed by atoms with Crippen LogP contribution in [-0.2, 0) is 49.6 Å². The zero-order valence-corrected chi connectivity index (χ0v) is 41.2. The number of likely N-dealkylation sites (tertiary alicyclic amines) is 2. The van der Waals surface area contributed by atoms with E-state index in [0.717, 1.165) is 11.8 Å². The fraction of sp³-hybridized carbons (Fsp3) is 0.622. The number of nitrogens with two attached hydrogens (primary N) is 3. The standard InChI is InChI=1S/C45H73N15O13/c1-23(61)33(40(69)57-34(24(2)62)42(71)60-20-10-16-31(60)41(70)59-19-9-15-30(59)39(68)58-35(25(3)63)43(72)73)56-37(66)28(14-8-18-52-45(49)50)54-36(65)27(13-7-17-51-44(47)48)55-38(67)29(53-32(64)22-46)21-26-11-5-4-6-12-26/h4-6,11-12,23-25,27-31,33-35,61-63H,7-10,13-22,46H2,1-3H3,(H,53,64)(H,54,65)(H,55,67)(H,56,66)(H,57,69)(H,58,68)(H,72,73)(H4,47,48,51)(H4,49,50,52)/t23-,24-,25-,27+,28+,29+,30+,31+,33+,34+,35+/m1/s1. The maximum absolute atomic E-state index is 14.2. The van der Waals surface area contributed by atoms with Crippen LogP contribution in [0.15, 0.2) is 30.3 Å². The van der Waals surface area contributed by atoms with Crippen molar-refractivity contribution in [2.45, 2.75) is 145 Å². The molecule has 0 saturated carbocycles. The summed E-state index contributed by atoms with van der Waals surface area (Å²) in [7, 11) is 0. The van der Waals surface area contributed by atoms with E-state index in [4.69, 9.17) is 28.0 Å². The minimum absolute atomic E-state index is 0.00326. The van der Waals surface area contributed by atoms with Gasteiger partial charge in [0.2, 0.25) is 47.3 Å². The van der Waals surface area contributed by atoms with Gasteiger partial charge in [-0.15, -0.1) is 0 Å². The first-order valence-corrected chi connectivity index (χ1v) is 24.1. The van der Waals surface area contributed by atoms with Crippen molar-refractivity contribution < 1.29 is 63.6 Å². The Bertz CT molecular complexity index is 2110. The molecular weight excluding hydrogens is 959 g/mol. The number of nitrogens with zero attached hydrogens (tertiary/aromatic N) is 2. The molecule has 1 aromatic carbocycles. The van der Waals surface area contributed by atoms with Gasteiger partial charge in [0, 0.05) is 32.6 Å². The van der Waals surface area contributed by atoms with Crippen LogP contribution in [0.2, 0.25) is 0 Å². The molecule has 20 N–H and O–H groups in total. The molecule has 2 aliphatic rings. The van der Waals surface area contributed by atoms with Crippen LogP contribution < -0.4 is 59.7 Å². The second kappa shape index (κ2) is 29.4. The average Bonchev–Trinajstić information content (AvgIpc) is 4.04. The molecular formula is C45H73N15O13.